The molecule has 0 heterocycles. The Bertz CT molecular complexity index is 162. The molecule has 1 atom stereocenters. The second-order valence-corrected chi connectivity index (χ2v) is 3.40. The zero-order valence-corrected chi connectivity index (χ0v) is 9.02. The third-order valence-electron chi connectivity index (χ3n) is 2.05. The minimum Gasteiger partial charge on any atom is -0.396 e. The van der Waals surface area contributed by atoms with Crippen molar-refractivity contribution in [1.29, 1.82) is 0 Å². The van der Waals surface area contributed by atoms with Gasteiger partial charge in [0.1, 0.15) is 0 Å². The summed E-state index contributed by atoms with van der Waals surface area (Å²) in [6.07, 6.45) is 12.1. The van der Waals surface area contributed by atoms with Crippen molar-refractivity contribution in [2.45, 2.75) is 45.1 Å². The van der Waals surface area contributed by atoms with E-state index < -0.39 is 0 Å². The van der Waals surface area contributed by atoms with E-state index in [1.807, 2.05) is 25.2 Å². The van der Waals surface area contributed by atoms with E-state index in [-0.39, 0.29) is 12.7 Å². The first kappa shape index (κ1) is 13.4. The molecule has 0 aliphatic rings. The number of allylic oxidation sites excluding steroid dienone is 4. The van der Waals surface area contributed by atoms with Crippen LogP contribution >= 0.6 is 0 Å². The van der Waals surface area contributed by atoms with E-state index in [9.17, 15) is 5.11 Å². The van der Waals surface area contributed by atoms with Gasteiger partial charge in [-0.2, -0.15) is 0 Å². The lowest BCUT2D eigenvalue weighted by molar-refractivity contribution is 0.149. The molecule has 0 radical (unpaired) electrons. The second-order valence-electron chi connectivity index (χ2n) is 3.40. The summed E-state index contributed by atoms with van der Waals surface area (Å²) in [6.45, 7) is 2.21. The van der Waals surface area contributed by atoms with Gasteiger partial charge in [-0.1, -0.05) is 24.3 Å². The highest BCUT2D eigenvalue weighted by Gasteiger charge is 2.01. The second kappa shape index (κ2) is 10.5. The molecule has 0 aromatic heterocycles. The maximum Gasteiger partial charge on any atom is 0.0543 e. The van der Waals surface area contributed by atoms with E-state index in [0.717, 1.165) is 32.1 Å². The Morgan fingerprint density at radius 3 is 2.57 bits per heavy atom. The van der Waals surface area contributed by atoms with E-state index in [1.165, 1.54) is 0 Å². The van der Waals surface area contributed by atoms with Gasteiger partial charge in [0.2, 0.25) is 0 Å². The molecule has 0 aromatic carbocycles. The van der Waals surface area contributed by atoms with E-state index in [2.05, 4.69) is 6.08 Å². The monoisotopic (exact) mass is 198 g/mol. The molecule has 0 aliphatic carbocycles. The fourth-order valence-electron chi connectivity index (χ4n) is 1.21. The van der Waals surface area contributed by atoms with E-state index >= 15 is 0 Å². The van der Waals surface area contributed by atoms with Gasteiger partial charge in [0.25, 0.3) is 0 Å². The molecule has 0 amide bonds. The third-order valence-corrected chi connectivity index (χ3v) is 2.05. The first-order chi connectivity index (χ1) is 6.81. The summed E-state index contributed by atoms with van der Waals surface area (Å²) in [4.78, 5) is 0. The molecule has 0 aromatic rings. The number of hydrogen-bond acceptors (Lipinski definition) is 2. The summed E-state index contributed by atoms with van der Waals surface area (Å²) in [5, 5.41) is 18.1. The minimum atomic E-state index is -0.211. The van der Waals surface area contributed by atoms with Crippen molar-refractivity contribution in [3.63, 3.8) is 0 Å². The van der Waals surface area contributed by atoms with Crippen molar-refractivity contribution in [1.82, 2.24) is 0 Å². The molecule has 14 heavy (non-hydrogen) atoms. The standard InChI is InChI=1S/C12H22O2/c1-2-3-4-5-6-9-12(14)10-7-8-11-13/h2-5,12-14H,6-11H2,1H3. The van der Waals surface area contributed by atoms with E-state index in [4.69, 9.17) is 5.11 Å². The first-order valence-electron chi connectivity index (χ1n) is 5.38. The van der Waals surface area contributed by atoms with Crippen molar-refractivity contribution in [2.24, 2.45) is 0 Å². The molecule has 82 valence electrons. The zero-order valence-electron chi connectivity index (χ0n) is 9.02. The van der Waals surface area contributed by atoms with Crippen LogP contribution in [0.25, 0.3) is 0 Å². The summed E-state index contributed by atoms with van der Waals surface area (Å²) in [7, 11) is 0. The zero-order chi connectivity index (χ0) is 10.6. The van der Waals surface area contributed by atoms with Crippen LogP contribution in [0.5, 0.6) is 0 Å². The summed E-state index contributed by atoms with van der Waals surface area (Å²) in [6, 6.07) is 0. The fourth-order valence-corrected chi connectivity index (χ4v) is 1.21. The summed E-state index contributed by atoms with van der Waals surface area (Å²) in [5.74, 6) is 0. The molecular weight excluding hydrogens is 176 g/mol. The van der Waals surface area contributed by atoms with Crippen molar-refractivity contribution >= 4 is 0 Å². The van der Waals surface area contributed by atoms with Gasteiger partial charge >= 0.3 is 0 Å². The van der Waals surface area contributed by atoms with Crippen LogP contribution in [0.3, 0.4) is 0 Å². The molecule has 2 heteroatoms. The molecule has 0 rings (SSSR count). The quantitative estimate of drug-likeness (QED) is 0.464. The van der Waals surface area contributed by atoms with Gasteiger partial charge in [-0.3, -0.25) is 0 Å². The Kier molecular flexibility index (Phi) is 10.0. The fraction of sp³-hybridized carbons (Fsp3) is 0.667. The van der Waals surface area contributed by atoms with E-state index in [1.54, 1.807) is 0 Å². The number of rotatable bonds is 8. The highest BCUT2D eigenvalue weighted by atomic mass is 16.3. The van der Waals surface area contributed by atoms with Crippen LogP contribution in [0, 0.1) is 0 Å². The molecule has 0 saturated carbocycles. The van der Waals surface area contributed by atoms with E-state index in [0.29, 0.717) is 0 Å². The average Bonchev–Trinajstić information content (AvgIpc) is 2.18. The first-order valence-corrected chi connectivity index (χ1v) is 5.38. The molecule has 0 spiro atoms. The predicted octanol–water partition coefficient (Wildman–Crippen LogP) is 2.42. The van der Waals surface area contributed by atoms with Crippen LogP contribution < -0.4 is 0 Å². The van der Waals surface area contributed by atoms with Crippen LogP contribution in [-0.4, -0.2) is 22.9 Å². The minimum absolute atomic E-state index is 0.211. The summed E-state index contributed by atoms with van der Waals surface area (Å²) in [5.41, 5.74) is 0. The third kappa shape index (κ3) is 9.49. The van der Waals surface area contributed by atoms with Crippen LogP contribution in [-0.2, 0) is 0 Å². The molecule has 1 unspecified atom stereocenters. The molecule has 0 bridgehead atoms. The normalized spacial score (nSPS) is 14.2. The maximum absolute atomic E-state index is 9.50. The van der Waals surface area contributed by atoms with Crippen molar-refractivity contribution < 1.29 is 10.2 Å². The topological polar surface area (TPSA) is 40.5 Å². The summed E-state index contributed by atoms with van der Waals surface area (Å²) >= 11 is 0. The Morgan fingerprint density at radius 2 is 1.93 bits per heavy atom. The van der Waals surface area contributed by atoms with Gasteiger partial charge in [-0.05, 0) is 39.0 Å². The van der Waals surface area contributed by atoms with Crippen LogP contribution in [0.2, 0.25) is 0 Å². The highest BCUT2D eigenvalue weighted by Crippen LogP contribution is 2.06. The number of aliphatic hydroxyl groups excluding tert-OH is 2. The average molecular weight is 198 g/mol. The van der Waals surface area contributed by atoms with Gasteiger partial charge in [-0.25, -0.2) is 0 Å². The lowest BCUT2D eigenvalue weighted by Gasteiger charge is -2.07. The summed E-state index contributed by atoms with van der Waals surface area (Å²) < 4.78 is 0. The van der Waals surface area contributed by atoms with Crippen molar-refractivity contribution in [3.05, 3.63) is 24.3 Å². The Balaban J connectivity index is 3.30. The molecule has 2 N–H and O–H groups in total. The maximum atomic E-state index is 9.50. The van der Waals surface area contributed by atoms with Crippen LogP contribution in [0.1, 0.15) is 39.0 Å². The number of unbranched alkanes of at least 4 members (excludes halogenated alkanes) is 1. The molecular formula is C12H22O2. The predicted molar refractivity (Wildman–Crippen MR) is 60.1 cm³/mol. The number of aliphatic hydroxyl groups is 2. The molecule has 0 saturated heterocycles. The lowest BCUT2D eigenvalue weighted by Crippen LogP contribution is -2.05. The Morgan fingerprint density at radius 1 is 1.14 bits per heavy atom. The van der Waals surface area contributed by atoms with Gasteiger partial charge in [0.15, 0.2) is 0 Å². The molecule has 0 aliphatic heterocycles. The molecule has 2 nitrogen and oxygen atoms in total. The SMILES string of the molecule is CC=CC=CCCC(O)CCCCO. The van der Waals surface area contributed by atoms with Crippen LogP contribution in [0.15, 0.2) is 24.3 Å². The van der Waals surface area contributed by atoms with Crippen molar-refractivity contribution in [2.75, 3.05) is 6.61 Å². The largest absolute Gasteiger partial charge is 0.396 e. The molecule has 0 fully saturated rings. The van der Waals surface area contributed by atoms with Gasteiger partial charge in [-0.15, -0.1) is 0 Å². The van der Waals surface area contributed by atoms with Gasteiger partial charge < -0.3 is 10.2 Å². The van der Waals surface area contributed by atoms with Gasteiger partial charge in [0.05, 0.1) is 6.10 Å². The Hall–Kier alpha value is -0.600. The van der Waals surface area contributed by atoms with Crippen LogP contribution in [0.4, 0.5) is 0 Å². The lowest BCUT2D eigenvalue weighted by atomic mass is 10.1. The smallest absolute Gasteiger partial charge is 0.0543 e. The Labute approximate surface area is 87.0 Å². The number of hydrogen-bond donors (Lipinski definition) is 2. The van der Waals surface area contributed by atoms with Gasteiger partial charge in [0, 0.05) is 6.61 Å². The van der Waals surface area contributed by atoms with Crippen molar-refractivity contribution in [3.8, 4) is 0 Å². The highest BCUT2D eigenvalue weighted by molar-refractivity contribution is 5.00.